The molecule has 3 rings (SSSR count). The lowest BCUT2D eigenvalue weighted by molar-refractivity contribution is 0.216. The summed E-state index contributed by atoms with van der Waals surface area (Å²) >= 11 is 0. The number of nitrogens with two attached hydrogens (primary N) is 1. The highest BCUT2D eigenvalue weighted by atomic mass is 15.1. The van der Waals surface area contributed by atoms with E-state index < -0.39 is 0 Å². The molecule has 3 N–H and O–H groups in total. The fraction of sp³-hybridized carbons (Fsp3) is 0.750. The summed E-state index contributed by atoms with van der Waals surface area (Å²) in [4.78, 5) is 9.20. The maximum Gasteiger partial charge on any atom is 0.136 e. The topological polar surface area (TPSA) is 63.8 Å². The second-order valence-electron chi connectivity index (χ2n) is 7.15. The first-order chi connectivity index (χ1) is 9.47. The predicted octanol–water partition coefficient (Wildman–Crippen LogP) is 3.63. The maximum atomic E-state index is 6.07. The summed E-state index contributed by atoms with van der Waals surface area (Å²) in [5, 5.41) is 3.67. The van der Waals surface area contributed by atoms with E-state index in [1.807, 2.05) is 6.92 Å². The SMILES string of the molecule is Cc1c(N)nc(C2CC2)nc1NC1CCCCC1(C)C. The molecule has 0 radical (unpaired) electrons. The van der Waals surface area contributed by atoms with Crippen molar-refractivity contribution in [3.63, 3.8) is 0 Å². The van der Waals surface area contributed by atoms with Gasteiger partial charge < -0.3 is 11.1 Å². The Bertz CT molecular complexity index is 505. The van der Waals surface area contributed by atoms with Crippen molar-refractivity contribution >= 4 is 11.6 Å². The lowest BCUT2D eigenvalue weighted by Gasteiger charge is -2.39. The van der Waals surface area contributed by atoms with Crippen LogP contribution >= 0.6 is 0 Å². The molecule has 0 saturated heterocycles. The van der Waals surface area contributed by atoms with Gasteiger partial charge in [-0.1, -0.05) is 26.7 Å². The molecule has 0 amide bonds. The van der Waals surface area contributed by atoms with E-state index in [2.05, 4.69) is 24.1 Å². The van der Waals surface area contributed by atoms with Gasteiger partial charge in [0.15, 0.2) is 0 Å². The standard InChI is InChI=1S/C16H26N4/c1-10-13(17)19-15(11-7-8-11)20-14(10)18-12-6-4-5-9-16(12,2)3/h11-12H,4-9H2,1-3H3,(H3,17,18,19,20). The Kier molecular flexibility index (Phi) is 3.35. The molecule has 2 aliphatic rings. The highest BCUT2D eigenvalue weighted by molar-refractivity contribution is 5.55. The monoisotopic (exact) mass is 274 g/mol. The van der Waals surface area contributed by atoms with E-state index in [-0.39, 0.29) is 0 Å². The summed E-state index contributed by atoms with van der Waals surface area (Å²) in [6.45, 7) is 6.72. The van der Waals surface area contributed by atoms with Crippen molar-refractivity contribution < 1.29 is 0 Å². The number of hydrogen-bond acceptors (Lipinski definition) is 4. The molecule has 4 heteroatoms. The van der Waals surface area contributed by atoms with Crippen molar-refractivity contribution in [1.82, 2.24) is 9.97 Å². The van der Waals surface area contributed by atoms with Gasteiger partial charge in [-0.05, 0) is 38.0 Å². The second kappa shape index (κ2) is 4.90. The Morgan fingerprint density at radius 1 is 1.15 bits per heavy atom. The molecule has 1 unspecified atom stereocenters. The number of hydrogen-bond donors (Lipinski definition) is 2. The Balaban J connectivity index is 1.85. The van der Waals surface area contributed by atoms with Crippen LogP contribution in [-0.2, 0) is 0 Å². The van der Waals surface area contributed by atoms with Gasteiger partial charge in [-0.3, -0.25) is 0 Å². The smallest absolute Gasteiger partial charge is 0.136 e. The van der Waals surface area contributed by atoms with Gasteiger partial charge in [0.25, 0.3) is 0 Å². The summed E-state index contributed by atoms with van der Waals surface area (Å²) in [7, 11) is 0. The largest absolute Gasteiger partial charge is 0.383 e. The van der Waals surface area contributed by atoms with Crippen molar-refractivity contribution in [3.8, 4) is 0 Å². The summed E-state index contributed by atoms with van der Waals surface area (Å²) in [5.74, 6) is 3.07. The lowest BCUT2D eigenvalue weighted by atomic mass is 9.73. The second-order valence-corrected chi connectivity index (χ2v) is 7.15. The first-order valence-corrected chi connectivity index (χ1v) is 7.88. The van der Waals surface area contributed by atoms with Crippen LogP contribution in [0, 0.1) is 12.3 Å². The van der Waals surface area contributed by atoms with Gasteiger partial charge in [-0.2, -0.15) is 0 Å². The minimum Gasteiger partial charge on any atom is -0.383 e. The molecule has 110 valence electrons. The molecule has 0 spiro atoms. The van der Waals surface area contributed by atoms with Crippen LogP contribution < -0.4 is 11.1 Å². The molecule has 1 atom stereocenters. The van der Waals surface area contributed by atoms with E-state index in [0.717, 1.165) is 17.2 Å². The third-order valence-electron chi connectivity index (χ3n) is 4.96. The van der Waals surface area contributed by atoms with Gasteiger partial charge in [0, 0.05) is 17.5 Å². The molecule has 4 nitrogen and oxygen atoms in total. The zero-order valence-corrected chi connectivity index (χ0v) is 12.9. The minimum atomic E-state index is 0.324. The Hall–Kier alpha value is -1.32. The highest BCUT2D eigenvalue weighted by Gasteiger charge is 2.33. The number of nitrogen functional groups attached to an aromatic ring is 1. The first-order valence-electron chi connectivity index (χ1n) is 7.88. The Labute approximate surface area is 121 Å². The van der Waals surface area contributed by atoms with Crippen molar-refractivity contribution in [3.05, 3.63) is 11.4 Å². The quantitative estimate of drug-likeness (QED) is 0.883. The summed E-state index contributed by atoms with van der Waals surface area (Å²) in [6, 6.07) is 0.483. The number of nitrogens with zero attached hydrogens (tertiary/aromatic N) is 2. The zero-order chi connectivity index (χ0) is 14.3. The average molecular weight is 274 g/mol. The van der Waals surface area contributed by atoms with Crippen molar-refractivity contribution in [2.75, 3.05) is 11.1 Å². The summed E-state index contributed by atoms with van der Waals surface area (Å²) in [6.07, 6.45) is 7.54. The van der Waals surface area contributed by atoms with Crippen LogP contribution in [0.25, 0.3) is 0 Å². The summed E-state index contributed by atoms with van der Waals surface area (Å²) < 4.78 is 0. The fourth-order valence-corrected chi connectivity index (χ4v) is 3.14. The van der Waals surface area contributed by atoms with Crippen molar-refractivity contribution in [2.45, 2.75) is 71.3 Å². The molecular formula is C16H26N4. The average Bonchev–Trinajstić information content (AvgIpc) is 3.21. The van der Waals surface area contributed by atoms with Crippen LogP contribution in [0.15, 0.2) is 0 Å². The molecule has 0 aliphatic heterocycles. The number of aromatic nitrogens is 2. The van der Waals surface area contributed by atoms with E-state index in [0.29, 0.717) is 23.2 Å². The zero-order valence-electron chi connectivity index (χ0n) is 12.9. The molecule has 2 saturated carbocycles. The van der Waals surface area contributed by atoms with Crippen molar-refractivity contribution in [1.29, 1.82) is 0 Å². The van der Waals surface area contributed by atoms with E-state index in [9.17, 15) is 0 Å². The van der Waals surface area contributed by atoms with Crippen LogP contribution in [0.2, 0.25) is 0 Å². The Morgan fingerprint density at radius 3 is 2.55 bits per heavy atom. The predicted molar refractivity (Wildman–Crippen MR) is 82.8 cm³/mol. The van der Waals surface area contributed by atoms with Gasteiger partial charge in [0.05, 0.1) is 0 Å². The number of rotatable bonds is 3. The molecule has 1 aromatic heterocycles. The van der Waals surface area contributed by atoms with Gasteiger partial charge in [0.1, 0.15) is 17.5 Å². The molecule has 2 fully saturated rings. The molecule has 1 aromatic rings. The van der Waals surface area contributed by atoms with Crippen LogP contribution in [-0.4, -0.2) is 16.0 Å². The Morgan fingerprint density at radius 2 is 1.90 bits per heavy atom. The van der Waals surface area contributed by atoms with E-state index in [1.54, 1.807) is 0 Å². The molecule has 0 aromatic carbocycles. The number of anilines is 2. The minimum absolute atomic E-state index is 0.324. The van der Waals surface area contributed by atoms with Crippen molar-refractivity contribution in [2.24, 2.45) is 5.41 Å². The normalized spacial score (nSPS) is 25.4. The van der Waals surface area contributed by atoms with Crippen LogP contribution in [0.3, 0.4) is 0 Å². The van der Waals surface area contributed by atoms with Crippen LogP contribution in [0.4, 0.5) is 11.6 Å². The van der Waals surface area contributed by atoms with E-state index >= 15 is 0 Å². The van der Waals surface area contributed by atoms with Gasteiger partial charge in [-0.25, -0.2) is 9.97 Å². The fourth-order valence-electron chi connectivity index (χ4n) is 3.14. The van der Waals surface area contributed by atoms with Crippen LogP contribution in [0.1, 0.15) is 69.7 Å². The van der Waals surface area contributed by atoms with E-state index in [4.69, 9.17) is 10.7 Å². The highest BCUT2D eigenvalue weighted by Crippen LogP contribution is 2.41. The summed E-state index contributed by atoms with van der Waals surface area (Å²) in [5.41, 5.74) is 7.39. The third-order valence-corrected chi connectivity index (χ3v) is 4.96. The third kappa shape index (κ3) is 2.60. The lowest BCUT2D eigenvalue weighted by Crippen LogP contribution is -2.39. The maximum absolute atomic E-state index is 6.07. The van der Waals surface area contributed by atoms with Crippen LogP contribution in [0.5, 0.6) is 0 Å². The molecule has 0 bridgehead atoms. The molecular weight excluding hydrogens is 248 g/mol. The van der Waals surface area contributed by atoms with Gasteiger partial charge >= 0.3 is 0 Å². The molecule has 2 aliphatic carbocycles. The van der Waals surface area contributed by atoms with Gasteiger partial charge in [0.2, 0.25) is 0 Å². The molecule has 1 heterocycles. The number of nitrogens with one attached hydrogen (secondary N) is 1. The van der Waals surface area contributed by atoms with Gasteiger partial charge in [-0.15, -0.1) is 0 Å². The van der Waals surface area contributed by atoms with E-state index in [1.165, 1.54) is 38.5 Å². The first kappa shape index (κ1) is 13.7. The molecule has 20 heavy (non-hydrogen) atoms.